The van der Waals surface area contributed by atoms with Gasteiger partial charge in [-0.05, 0) is 31.2 Å². The molecule has 0 fully saturated rings. The SMILES string of the molecule is CCn1c(Cc2cccn2C)nnc1SCC(=O)Nc1ccc(Cl)c([N+](=O)[O-])c1. The second-order valence-corrected chi connectivity index (χ2v) is 7.54. The zero-order chi connectivity index (χ0) is 21.0. The molecule has 0 aliphatic heterocycles. The number of nitro groups is 1. The molecule has 1 N–H and O–H groups in total. The molecular formula is C18H19ClN6O3S. The summed E-state index contributed by atoms with van der Waals surface area (Å²) in [5.74, 6) is 0.616. The molecule has 29 heavy (non-hydrogen) atoms. The Hall–Kier alpha value is -2.85. The molecule has 9 nitrogen and oxygen atoms in total. The molecule has 0 saturated heterocycles. The largest absolute Gasteiger partial charge is 0.354 e. The number of hydrogen-bond donors (Lipinski definition) is 1. The Kier molecular flexibility index (Phi) is 6.55. The Labute approximate surface area is 176 Å². The van der Waals surface area contributed by atoms with Crippen molar-refractivity contribution in [1.82, 2.24) is 19.3 Å². The molecule has 1 amide bonds. The zero-order valence-electron chi connectivity index (χ0n) is 15.8. The predicted molar refractivity (Wildman–Crippen MR) is 111 cm³/mol. The van der Waals surface area contributed by atoms with Crippen LogP contribution in [0.1, 0.15) is 18.4 Å². The predicted octanol–water partition coefficient (Wildman–Crippen LogP) is 3.52. The van der Waals surface area contributed by atoms with Gasteiger partial charge in [0.2, 0.25) is 5.91 Å². The molecule has 0 spiro atoms. The lowest BCUT2D eigenvalue weighted by Crippen LogP contribution is -2.15. The first-order valence-electron chi connectivity index (χ1n) is 8.78. The maximum Gasteiger partial charge on any atom is 0.289 e. The lowest BCUT2D eigenvalue weighted by molar-refractivity contribution is -0.384. The smallest absolute Gasteiger partial charge is 0.289 e. The molecule has 0 aliphatic rings. The van der Waals surface area contributed by atoms with Crippen LogP contribution in [0.25, 0.3) is 0 Å². The van der Waals surface area contributed by atoms with Crippen molar-refractivity contribution in [2.24, 2.45) is 7.05 Å². The Balaban J connectivity index is 1.64. The van der Waals surface area contributed by atoms with E-state index in [2.05, 4.69) is 15.5 Å². The number of amides is 1. The lowest BCUT2D eigenvalue weighted by atomic mass is 10.3. The van der Waals surface area contributed by atoms with Crippen LogP contribution in [0, 0.1) is 10.1 Å². The van der Waals surface area contributed by atoms with E-state index >= 15 is 0 Å². The second kappa shape index (κ2) is 9.10. The lowest BCUT2D eigenvalue weighted by Gasteiger charge is -2.08. The highest BCUT2D eigenvalue weighted by atomic mass is 35.5. The molecule has 0 saturated carbocycles. The van der Waals surface area contributed by atoms with E-state index in [9.17, 15) is 14.9 Å². The summed E-state index contributed by atoms with van der Waals surface area (Å²) in [6, 6.07) is 8.14. The van der Waals surface area contributed by atoms with Gasteiger partial charge in [0.05, 0.1) is 10.7 Å². The van der Waals surface area contributed by atoms with Crippen LogP contribution < -0.4 is 5.32 Å². The molecule has 2 heterocycles. The third-order valence-corrected chi connectivity index (χ3v) is 5.55. The fraction of sp³-hybridized carbons (Fsp3) is 0.278. The van der Waals surface area contributed by atoms with Gasteiger partial charge in [0, 0.05) is 43.7 Å². The summed E-state index contributed by atoms with van der Waals surface area (Å²) >= 11 is 7.05. The maximum atomic E-state index is 12.3. The van der Waals surface area contributed by atoms with Crippen molar-refractivity contribution in [3.05, 3.63) is 63.2 Å². The van der Waals surface area contributed by atoms with Crippen LogP contribution >= 0.6 is 23.4 Å². The van der Waals surface area contributed by atoms with Gasteiger partial charge in [0.1, 0.15) is 10.8 Å². The van der Waals surface area contributed by atoms with Crippen molar-refractivity contribution >= 4 is 40.6 Å². The molecule has 152 valence electrons. The van der Waals surface area contributed by atoms with Gasteiger partial charge in [-0.2, -0.15) is 0 Å². The molecule has 3 rings (SSSR count). The topological polar surface area (TPSA) is 108 Å². The van der Waals surface area contributed by atoms with Crippen molar-refractivity contribution in [2.45, 2.75) is 25.0 Å². The number of benzene rings is 1. The Morgan fingerprint density at radius 2 is 2.14 bits per heavy atom. The molecule has 0 bridgehead atoms. The molecule has 0 atom stereocenters. The van der Waals surface area contributed by atoms with E-state index in [1.807, 2.05) is 41.4 Å². The van der Waals surface area contributed by atoms with Crippen molar-refractivity contribution in [2.75, 3.05) is 11.1 Å². The van der Waals surface area contributed by atoms with Gasteiger partial charge in [-0.15, -0.1) is 10.2 Å². The number of aryl methyl sites for hydroxylation is 1. The van der Waals surface area contributed by atoms with Gasteiger partial charge in [0.15, 0.2) is 5.16 Å². The third kappa shape index (κ3) is 4.96. The second-order valence-electron chi connectivity index (χ2n) is 6.19. The highest BCUT2D eigenvalue weighted by molar-refractivity contribution is 7.99. The van der Waals surface area contributed by atoms with Crippen LogP contribution in [0.4, 0.5) is 11.4 Å². The first-order chi connectivity index (χ1) is 13.9. The van der Waals surface area contributed by atoms with E-state index in [0.717, 1.165) is 11.5 Å². The number of aromatic nitrogens is 4. The van der Waals surface area contributed by atoms with Crippen molar-refractivity contribution < 1.29 is 9.72 Å². The fourth-order valence-electron chi connectivity index (χ4n) is 2.77. The van der Waals surface area contributed by atoms with E-state index in [0.29, 0.717) is 23.8 Å². The third-order valence-electron chi connectivity index (χ3n) is 4.26. The number of nitrogens with one attached hydrogen (secondary N) is 1. The average molecular weight is 435 g/mol. The van der Waals surface area contributed by atoms with Gasteiger partial charge in [-0.25, -0.2) is 0 Å². The van der Waals surface area contributed by atoms with Crippen LogP contribution in [0.3, 0.4) is 0 Å². The summed E-state index contributed by atoms with van der Waals surface area (Å²) in [6.07, 6.45) is 2.62. The number of carbonyl (C=O) groups excluding carboxylic acids is 1. The first-order valence-corrected chi connectivity index (χ1v) is 10.1. The normalized spacial score (nSPS) is 10.9. The molecule has 11 heteroatoms. The van der Waals surface area contributed by atoms with E-state index in [1.165, 1.54) is 30.0 Å². The Bertz CT molecular complexity index is 1050. The van der Waals surface area contributed by atoms with Crippen LogP contribution in [0.5, 0.6) is 0 Å². The minimum Gasteiger partial charge on any atom is -0.354 e. The summed E-state index contributed by atoms with van der Waals surface area (Å²) in [5.41, 5.74) is 1.17. The summed E-state index contributed by atoms with van der Waals surface area (Å²) in [4.78, 5) is 22.6. The average Bonchev–Trinajstić information content (AvgIpc) is 3.27. The molecule has 2 aromatic heterocycles. The highest BCUT2D eigenvalue weighted by Gasteiger charge is 2.16. The van der Waals surface area contributed by atoms with Crippen LogP contribution in [0.15, 0.2) is 41.7 Å². The van der Waals surface area contributed by atoms with Gasteiger partial charge in [-0.1, -0.05) is 23.4 Å². The van der Waals surface area contributed by atoms with E-state index < -0.39 is 4.92 Å². The molecule has 0 radical (unpaired) electrons. The summed E-state index contributed by atoms with van der Waals surface area (Å²) < 4.78 is 4.00. The van der Waals surface area contributed by atoms with Crippen molar-refractivity contribution in [3.8, 4) is 0 Å². The fourth-order valence-corrected chi connectivity index (χ4v) is 3.78. The number of hydrogen-bond acceptors (Lipinski definition) is 6. The van der Waals surface area contributed by atoms with E-state index in [1.54, 1.807) is 0 Å². The molecule has 1 aromatic carbocycles. The van der Waals surface area contributed by atoms with Crippen LogP contribution in [-0.4, -0.2) is 35.9 Å². The van der Waals surface area contributed by atoms with E-state index in [-0.39, 0.29) is 22.4 Å². The standard InChI is InChI=1S/C18H19ClN6O3S/c1-3-24-16(10-13-5-4-8-23(13)2)21-22-18(24)29-11-17(26)20-12-6-7-14(19)15(9-12)25(27)28/h4-9H,3,10-11H2,1-2H3,(H,20,26). The van der Waals surface area contributed by atoms with Gasteiger partial charge in [0.25, 0.3) is 5.69 Å². The summed E-state index contributed by atoms with van der Waals surface area (Å²) in [7, 11) is 1.98. The molecule has 0 aliphatic carbocycles. The number of nitro benzene ring substituents is 1. The number of thioether (sulfide) groups is 1. The van der Waals surface area contributed by atoms with Gasteiger partial charge < -0.3 is 14.5 Å². The van der Waals surface area contributed by atoms with Crippen LogP contribution in [0.2, 0.25) is 5.02 Å². The highest BCUT2D eigenvalue weighted by Crippen LogP contribution is 2.27. The monoisotopic (exact) mass is 434 g/mol. The quantitative estimate of drug-likeness (QED) is 0.330. The number of carbonyl (C=O) groups is 1. The maximum absolute atomic E-state index is 12.3. The zero-order valence-corrected chi connectivity index (χ0v) is 17.4. The minimum atomic E-state index is -0.593. The summed E-state index contributed by atoms with van der Waals surface area (Å²) in [5, 5.41) is 22.7. The van der Waals surface area contributed by atoms with Crippen molar-refractivity contribution in [3.63, 3.8) is 0 Å². The van der Waals surface area contributed by atoms with Gasteiger partial charge in [-0.3, -0.25) is 14.9 Å². The van der Waals surface area contributed by atoms with E-state index in [4.69, 9.17) is 11.6 Å². The first kappa shape index (κ1) is 20.9. The number of anilines is 1. The Morgan fingerprint density at radius 1 is 1.34 bits per heavy atom. The number of nitrogens with zero attached hydrogens (tertiary/aromatic N) is 5. The molecule has 0 unspecified atom stereocenters. The number of rotatable bonds is 8. The van der Waals surface area contributed by atoms with Gasteiger partial charge >= 0.3 is 0 Å². The van der Waals surface area contributed by atoms with Crippen molar-refractivity contribution in [1.29, 1.82) is 0 Å². The summed E-state index contributed by atoms with van der Waals surface area (Å²) in [6.45, 7) is 2.68. The van der Waals surface area contributed by atoms with Crippen LogP contribution in [-0.2, 0) is 24.8 Å². The molecular weight excluding hydrogens is 416 g/mol. The minimum absolute atomic E-state index is 0.0178. The number of halogens is 1. The Morgan fingerprint density at radius 3 is 2.79 bits per heavy atom. The molecule has 3 aromatic rings.